The molecule has 128 valence electrons. The van der Waals surface area contributed by atoms with Crippen molar-refractivity contribution in [2.45, 2.75) is 13.3 Å². The van der Waals surface area contributed by atoms with E-state index in [2.05, 4.69) is 35.2 Å². The van der Waals surface area contributed by atoms with Crippen molar-refractivity contribution in [1.82, 2.24) is 9.88 Å². The second-order valence-electron chi connectivity index (χ2n) is 6.41. The first-order valence-electron chi connectivity index (χ1n) is 8.41. The Morgan fingerprint density at radius 2 is 2.00 bits per heavy atom. The number of aryl methyl sites for hydroxylation is 1. The number of hydrogen-bond acceptors (Lipinski definition) is 5. The van der Waals surface area contributed by atoms with E-state index in [1.54, 1.807) is 0 Å². The zero-order valence-corrected chi connectivity index (χ0v) is 14.4. The molecule has 3 N–H and O–H groups in total. The van der Waals surface area contributed by atoms with E-state index >= 15 is 0 Å². The SMILES string of the molecule is Cc1cc(N2CCN(C)CC2)nc2ccc(NC(=O)CCN)cc12. The molecule has 1 aliphatic rings. The molecule has 0 unspecified atom stereocenters. The van der Waals surface area contributed by atoms with E-state index in [1.807, 2.05) is 18.2 Å². The number of hydrogen-bond donors (Lipinski definition) is 2. The van der Waals surface area contributed by atoms with Crippen molar-refractivity contribution < 1.29 is 4.79 Å². The number of aromatic nitrogens is 1. The van der Waals surface area contributed by atoms with E-state index in [0.29, 0.717) is 13.0 Å². The molecule has 1 aliphatic heterocycles. The van der Waals surface area contributed by atoms with Crippen LogP contribution in [-0.2, 0) is 4.79 Å². The first-order valence-corrected chi connectivity index (χ1v) is 8.41. The normalized spacial score (nSPS) is 15.7. The van der Waals surface area contributed by atoms with Gasteiger partial charge in [-0.05, 0) is 43.8 Å². The summed E-state index contributed by atoms with van der Waals surface area (Å²) in [5, 5.41) is 3.95. The van der Waals surface area contributed by atoms with Gasteiger partial charge in [-0.1, -0.05) is 0 Å². The summed E-state index contributed by atoms with van der Waals surface area (Å²) in [6.07, 6.45) is 0.331. The van der Waals surface area contributed by atoms with Gasteiger partial charge in [-0.25, -0.2) is 4.98 Å². The highest BCUT2D eigenvalue weighted by Gasteiger charge is 2.16. The molecule has 0 saturated carbocycles. The molecule has 2 aromatic rings. The fraction of sp³-hybridized carbons (Fsp3) is 0.444. The van der Waals surface area contributed by atoms with Gasteiger partial charge in [0.15, 0.2) is 0 Å². The molecule has 0 spiro atoms. The zero-order valence-electron chi connectivity index (χ0n) is 14.4. The maximum Gasteiger partial charge on any atom is 0.225 e. The Morgan fingerprint density at radius 3 is 2.71 bits per heavy atom. The average molecular weight is 327 g/mol. The number of amides is 1. The van der Waals surface area contributed by atoms with E-state index < -0.39 is 0 Å². The molecule has 0 radical (unpaired) electrons. The van der Waals surface area contributed by atoms with Crippen LogP contribution in [0.5, 0.6) is 0 Å². The molecule has 6 heteroatoms. The summed E-state index contributed by atoms with van der Waals surface area (Å²) in [4.78, 5) is 21.2. The standard InChI is InChI=1S/C18H25N5O/c1-13-11-17(23-9-7-22(2)8-10-23)21-16-4-3-14(12-15(13)16)20-18(24)5-6-19/h3-4,11-12H,5-10,19H2,1-2H3,(H,20,24). The lowest BCUT2D eigenvalue weighted by molar-refractivity contribution is -0.116. The van der Waals surface area contributed by atoms with Gasteiger partial charge >= 0.3 is 0 Å². The highest BCUT2D eigenvalue weighted by molar-refractivity contribution is 5.94. The lowest BCUT2D eigenvalue weighted by Gasteiger charge is -2.33. The minimum absolute atomic E-state index is 0.0588. The third kappa shape index (κ3) is 3.66. The monoisotopic (exact) mass is 327 g/mol. The molecule has 1 aromatic heterocycles. The van der Waals surface area contributed by atoms with Crippen LogP contribution in [0.1, 0.15) is 12.0 Å². The average Bonchev–Trinajstić information content (AvgIpc) is 2.56. The van der Waals surface area contributed by atoms with Crippen LogP contribution in [0.3, 0.4) is 0 Å². The van der Waals surface area contributed by atoms with Crippen molar-refractivity contribution in [2.75, 3.05) is 50.0 Å². The number of piperazine rings is 1. The highest BCUT2D eigenvalue weighted by Crippen LogP contribution is 2.26. The van der Waals surface area contributed by atoms with Crippen molar-refractivity contribution in [3.8, 4) is 0 Å². The Kier molecular flexibility index (Phi) is 4.97. The highest BCUT2D eigenvalue weighted by atomic mass is 16.1. The van der Waals surface area contributed by atoms with Gasteiger partial charge in [0.05, 0.1) is 5.52 Å². The van der Waals surface area contributed by atoms with Crippen molar-refractivity contribution in [2.24, 2.45) is 5.73 Å². The van der Waals surface area contributed by atoms with Crippen LogP contribution < -0.4 is 16.0 Å². The summed E-state index contributed by atoms with van der Waals surface area (Å²) in [6, 6.07) is 8.00. The molecule has 1 fully saturated rings. The molecule has 1 amide bonds. The largest absolute Gasteiger partial charge is 0.354 e. The Balaban J connectivity index is 1.85. The molecule has 3 rings (SSSR count). The molecule has 0 aliphatic carbocycles. The lowest BCUT2D eigenvalue weighted by Crippen LogP contribution is -2.44. The number of likely N-dealkylation sites (N-methyl/N-ethyl adjacent to an activating group) is 1. The summed E-state index contributed by atoms with van der Waals surface area (Å²) in [7, 11) is 2.15. The van der Waals surface area contributed by atoms with Crippen molar-refractivity contribution >= 4 is 28.3 Å². The van der Waals surface area contributed by atoms with E-state index in [-0.39, 0.29) is 5.91 Å². The third-order valence-electron chi connectivity index (χ3n) is 4.48. The molecule has 6 nitrogen and oxygen atoms in total. The van der Waals surface area contributed by atoms with E-state index in [9.17, 15) is 4.79 Å². The number of nitrogens with zero attached hydrogens (tertiary/aromatic N) is 3. The zero-order chi connectivity index (χ0) is 17.1. The Labute approximate surface area is 142 Å². The van der Waals surface area contributed by atoms with Crippen LogP contribution in [0.15, 0.2) is 24.3 Å². The maximum absolute atomic E-state index is 11.7. The smallest absolute Gasteiger partial charge is 0.225 e. The first-order chi connectivity index (χ1) is 11.6. The quantitative estimate of drug-likeness (QED) is 0.892. The lowest BCUT2D eigenvalue weighted by atomic mass is 10.1. The van der Waals surface area contributed by atoms with Crippen molar-refractivity contribution in [3.05, 3.63) is 29.8 Å². The van der Waals surface area contributed by atoms with Crippen LogP contribution in [0.4, 0.5) is 11.5 Å². The summed E-state index contributed by atoms with van der Waals surface area (Å²) in [6.45, 7) is 6.57. The second kappa shape index (κ2) is 7.15. The Hall–Kier alpha value is -2.18. The van der Waals surface area contributed by atoms with Crippen LogP contribution in [0.25, 0.3) is 10.9 Å². The van der Waals surface area contributed by atoms with Crippen LogP contribution >= 0.6 is 0 Å². The predicted octanol–water partition coefficient (Wildman–Crippen LogP) is 1.58. The molecular weight excluding hydrogens is 302 g/mol. The summed E-state index contributed by atoms with van der Waals surface area (Å²) in [5.74, 6) is 0.976. The van der Waals surface area contributed by atoms with Crippen molar-refractivity contribution in [1.29, 1.82) is 0 Å². The Bertz CT molecular complexity index is 738. The molecule has 0 bridgehead atoms. The van der Waals surface area contributed by atoms with Gasteiger partial charge in [-0.2, -0.15) is 0 Å². The van der Waals surface area contributed by atoms with Gasteiger partial charge in [0.1, 0.15) is 5.82 Å². The molecular formula is C18H25N5O. The number of nitrogens with one attached hydrogen (secondary N) is 1. The van der Waals surface area contributed by atoms with Crippen LogP contribution in [0, 0.1) is 6.92 Å². The number of benzene rings is 1. The molecule has 24 heavy (non-hydrogen) atoms. The van der Waals surface area contributed by atoms with E-state index in [0.717, 1.165) is 48.6 Å². The van der Waals surface area contributed by atoms with Gasteiger partial charge in [-0.15, -0.1) is 0 Å². The van der Waals surface area contributed by atoms with Crippen molar-refractivity contribution in [3.63, 3.8) is 0 Å². The van der Waals surface area contributed by atoms with Crippen LogP contribution in [-0.4, -0.2) is 55.6 Å². The maximum atomic E-state index is 11.7. The van der Waals surface area contributed by atoms with Gasteiger partial charge in [0.25, 0.3) is 0 Å². The molecule has 1 saturated heterocycles. The Morgan fingerprint density at radius 1 is 1.25 bits per heavy atom. The topological polar surface area (TPSA) is 74.5 Å². The minimum Gasteiger partial charge on any atom is -0.354 e. The fourth-order valence-electron chi connectivity index (χ4n) is 3.01. The van der Waals surface area contributed by atoms with E-state index in [1.165, 1.54) is 5.56 Å². The van der Waals surface area contributed by atoms with Gasteiger partial charge < -0.3 is 20.9 Å². The van der Waals surface area contributed by atoms with Gasteiger partial charge in [0, 0.05) is 50.2 Å². The third-order valence-corrected chi connectivity index (χ3v) is 4.48. The first kappa shape index (κ1) is 16.7. The summed E-state index contributed by atoms with van der Waals surface area (Å²) >= 11 is 0. The molecule has 1 aromatic carbocycles. The number of pyridine rings is 1. The number of carbonyl (C=O) groups is 1. The summed E-state index contributed by atoms with van der Waals surface area (Å²) in [5.41, 5.74) is 8.33. The number of fused-ring (bicyclic) bond motifs is 1. The number of carbonyl (C=O) groups excluding carboxylic acids is 1. The van der Waals surface area contributed by atoms with Gasteiger partial charge in [-0.3, -0.25) is 4.79 Å². The number of anilines is 2. The molecule has 2 heterocycles. The second-order valence-corrected chi connectivity index (χ2v) is 6.41. The van der Waals surface area contributed by atoms with Gasteiger partial charge in [0.2, 0.25) is 5.91 Å². The fourth-order valence-corrected chi connectivity index (χ4v) is 3.01. The molecule has 0 atom stereocenters. The minimum atomic E-state index is -0.0588. The van der Waals surface area contributed by atoms with Crippen LogP contribution in [0.2, 0.25) is 0 Å². The number of rotatable bonds is 4. The van der Waals surface area contributed by atoms with E-state index in [4.69, 9.17) is 10.7 Å². The predicted molar refractivity (Wildman–Crippen MR) is 98.5 cm³/mol. The summed E-state index contributed by atoms with van der Waals surface area (Å²) < 4.78 is 0. The number of nitrogens with two attached hydrogens (primary N) is 1.